The highest BCUT2D eigenvalue weighted by molar-refractivity contribution is 7.16. The summed E-state index contributed by atoms with van der Waals surface area (Å²) in [6.45, 7) is 1.90. The van der Waals surface area contributed by atoms with Gasteiger partial charge in [-0.2, -0.15) is 0 Å². The Bertz CT molecular complexity index is 280. The third-order valence-electron chi connectivity index (χ3n) is 1.22. The summed E-state index contributed by atoms with van der Waals surface area (Å²) in [4.78, 5) is 11.3. The Morgan fingerprint density at radius 3 is 2.82 bits per heavy atom. The lowest BCUT2D eigenvalue weighted by molar-refractivity contribution is -0.136. The van der Waals surface area contributed by atoms with E-state index < -0.39 is 5.97 Å². The van der Waals surface area contributed by atoms with Crippen LogP contribution < -0.4 is 0 Å². The summed E-state index contributed by atoms with van der Waals surface area (Å²) >= 11 is 7.16. The highest BCUT2D eigenvalue weighted by Gasteiger charge is 2.07. The maximum absolute atomic E-state index is 10.3. The molecule has 1 rings (SSSR count). The van der Waals surface area contributed by atoms with Crippen LogP contribution in [0.1, 0.15) is 10.4 Å². The Kier molecular flexibility index (Phi) is 2.52. The van der Waals surface area contributed by atoms with Crippen molar-refractivity contribution in [3.8, 4) is 0 Å². The molecule has 0 saturated heterocycles. The molecule has 1 aromatic heterocycles. The van der Waals surface area contributed by atoms with Crippen molar-refractivity contribution in [2.45, 2.75) is 13.3 Å². The molecule has 60 valence electrons. The van der Waals surface area contributed by atoms with E-state index >= 15 is 0 Å². The lowest BCUT2D eigenvalue weighted by Crippen LogP contribution is -1.98. The highest BCUT2D eigenvalue weighted by Crippen LogP contribution is 2.27. The Hall–Kier alpha value is -0.540. The zero-order chi connectivity index (χ0) is 8.43. The van der Waals surface area contributed by atoms with Gasteiger partial charge in [-0.1, -0.05) is 11.6 Å². The number of thiophene rings is 1. The maximum atomic E-state index is 10.3. The van der Waals surface area contributed by atoms with Crippen LogP contribution in [0.15, 0.2) is 6.07 Å². The largest absolute Gasteiger partial charge is 0.481 e. The molecule has 0 bridgehead atoms. The Morgan fingerprint density at radius 1 is 1.82 bits per heavy atom. The number of carboxylic acid groups (broad SMARTS) is 1. The summed E-state index contributed by atoms with van der Waals surface area (Å²) < 4.78 is 0.588. The molecule has 0 amide bonds. The van der Waals surface area contributed by atoms with Crippen LogP contribution in [0, 0.1) is 6.92 Å². The average molecular weight is 191 g/mol. The van der Waals surface area contributed by atoms with E-state index in [1.54, 1.807) is 6.07 Å². The predicted octanol–water partition coefficient (Wildman–Crippen LogP) is 2.34. The number of hydrogen-bond donors (Lipinski definition) is 1. The minimum atomic E-state index is -0.843. The van der Waals surface area contributed by atoms with Gasteiger partial charge >= 0.3 is 5.97 Å². The molecule has 11 heavy (non-hydrogen) atoms. The van der Waals surface area contributed by atoms with Crippen LogP contribution in [-0.4, -0.2) is 11.1 Å². The predicted molar refractivity (Wildman–Crippen MR) is 45.4 cm³/mol. The van der Waals surface area contributed by atoms with E-state index in [1.165, 1.54) is 11.3 Å². The van der Waals surface area contributed by atoms with E-state index in [4.69, 9.17) is 16.7 Å². The summed E-state index contributed by atoms with van der Waals surface area (Å²) in [5, 5.41) is 8.45. The maximum Gasteiger partial charge on any atom is 0.307 e. The molecule has 0 aliphatic heterocycles. The van der Waals surface area contributed by atoms with Crippen molar-refractivity contribution in [2.75, 3.05) is 0 Å². The van der Waals surface area contributed by atoms with E-state index in [1.807, 2.05) is 6.92 Å². The second kappa shape index (κ2) is 3.24. The smallest absolute Gasteiger partial charge is 0.307 e. The minimum absolute atomic E-state index is 0.0170. The molecule has 2 nitrogen and oxygen atoms in total. The van der Waals surface area contributed by atoms with Crippen molar-refractivity contribution in [3.63, 3.8) is 0 Å². The number of aryl methyl sites for hydroxylation is 1. The van der Waals surface area contributed by atoms with Crippen molar-refractivity contribution in [1.82, 2.24) is 0 Å². The number of hydrogen-bond acceptors (Lipinski definition) is 2. The molecule has 0 unspecified atom stereocenters. The van der Waals surface area contributed by atoms with E-state index in [9.17, 15) is 4.79 Å². The van der Waals surface area contributed by atoms with Gasteiger partial charge in [0.15, 0.2) is 0 Å². The molecule has 0 aromatic carbocycles. The fraction of sp³-hybridized carbons (Fsp3) is 0.286. The topological polar surface area (TPSA) is 37.3 Å². The van der Waals surface area contributed by atoms with Crippen molar-refractivity contribution in [2.24, 2.45) is 0 Å². The lowest BCUT2D eigenvalue weighted by Gasteiger charge is -1.89. The summed E-state index contributed by atoms with van der Waals surface area (Å²) in [5.41, 5.74) is 0.710. The molecule has 0 fully saturated rings. The van der Waals surface area contributed by atoms with Gasteiger partial charge in [-0.25, -0.2) is 0 Å². The van der Waals surface area contributed by atoms with Gasteiger partial charge in [0.05, 0.1) is 10.8 Å². The van der Waals surface area contributed by atoms with Crippen LogP contribution in [0.4, 0.5) is 0 Å². The Labute approximate surface area is 73.4 Å². The third kappa shape index (κ3) is 2.20. The minimum Gasteiger partial charge on any atom is -0.481 e. The van der Waals surface area contributed by atoms with E-state index in [0.29, 0.717) is 9.90 Å². The molecule has 4 heteroatoms. The molecule has 0 saturated carbocycles. The molecule has 1 aromatic rings. The van der Waals surface area contributed by atoms with Crippen LogP contribution in [0.2, 0.25) is 4.34 Å². The molecule has 0 spiro atoms. The standard InChI is InChI=1S/C7H7ClO2S/c1-4-2-5(3-6(9)10)7(8)11-4/h2H,3H2,1H3,(H,9,10). The van der Waals surface area contributed by atoms with Gasteiger partial charge in [0.25, 0.3) is 0 Å². The first kappa shape index (κ1) is 8.56. The first-order chi connectivity index (χ1) is 5.09. The number of aliphatic carboxylic acids is 1. The van der Waals surface area contributed by atoms with Gasteiger partial charge in [0, 0.05) is 4.88 Å². The number of rotatable bonds is 2. The van der Waals surface area contributed by atoms with Crippen LogP contribution in [0.3, 0.4) is 0 Å². The van der Waals surface area contributed by atoms with Crippen LogP contribution in [0.5, 0.6) is 0 Å². The summed E-state index contributed by atoms with van der Waals surface area (Å²) in [6, 6.07) is 1.81. The van der Waals surface area contributed by atoms with Gasteiger partial charge in [0.1, 0.15) is 0 Å². The summed E-state index contributed by atoms with van der Waals surface area (Å²) in [7, 11) is 0. The summed E-state index contributed by atoms with van der Waals surface area (Å²) in [6.07, 6.45) is 0.0170. The molecule has 0 aliphatic rings. The molecule has 1 heterocycles. The van der Waals surface area contributed by atoms with Crippen molar-refractivity contribution in [1.29, 1.82) is 0 Å². The zero-order valence-electron chi connectivity index (χ0n) is 5.93. The number of halogens is 1. The molecule has 0 atom stereocenters. The van der Waals surface area contributed by atoms with E-state index in [0.717, 1.165) is 4.88 Å². The Morgan fingerprint density at radius 2 is 2.45 bits per heavy atom. The fourth-order valence-electron chi connectivity index (χ4n) is 0.822. The van der Waals surface area contributed by atoms with Crippen LogP contribution >= 0.6 is 22.9 Å². The molecular formula is C7H7ClO2S. The second-order valence-electron chi connectivity index (χ2n) is 2.23. The molecule has 0 radical (unpaired) electrons. The molecule has 1 N–H and O–H groups in total. The van der Waals surface area contributed by atoms with E-state index in [2.05, 4.69) is 0 Å². The third-order valence-corrected chi connectivity index (χ3v) is 2.58. The average Bonchev–Trinajstić information content (AvgIpc) is 2.09. The summed E-state index contributed by atoms with van der Waals surface area (Å²) in [5.74, 6) is -0.843. The van der Waals surface area contributed by atoms with Gasteiger partial charge in [0.2, 0.25) is 0 Å². The first-order valence-corrected chi connectivity index (χ1v) is 4.25. The zero-order valence-corrected chi connectivity index (χ0v) is 7.50. The lowest BCUT2D eigenvalue weighted by atomic mass is 10.2. The van der Waals surface area contributed by atoms with Gasteiger partial charge in [-0.3, -0.25) is 4.79 Å². The molecule has 0 aliphatic carbocycles. The van der Waals surface area contributed by atoms with Crippen molar-refractivity contribution in [3.05, 3.63) is 20.8 Å². The fourth-order valence-corrected chi connectivity index (χ4v) is 2.05. The number of carboxylic acids is 1. The van der Waals surface area contributed by atoms with Gasteiger partial charge in [-0.05, 0) is 18.6 Å². The number of carbonyl (C=O) groups is 1. The quantitative estimate of drug-likeness (QED) is 0.778. The normalized spacial score (nSPS) is 10.0. The molecular weight excluding hydrogens is 184 g/mol. The second-order valence-corrected chi connectivity index (χ2v) is 4.08. The van der Waals surface area contributed by atoms with Crippen molar-refractivity contribution < 1.29 is 9.90 Å². The highest BCUT2D eigenvalue weighted by atomic mass is 35.5. The van der Waals surface area contributed by atoms with Crippen LogP contribution in [0.25, 0.3) is 0 Å². The first-order valence-electron chi connectivity index (χ1n) is 3.06. The van der Waals surface area contributed by atoms with Gasteiger partial charge in [-0.15, -0.1) is 11.3 Å². The van der Waals surface area contributed by atoms with Crippen molar-refractivity contribution >= 4 is 28.9 Å². The van der Waals surface area contributed by atoms with Gasteiger partial charge < -0.3 is 5.11 Å². The Balaban J connectivity index is 2.85. The monoisotopic (exact) mass is 190 g/mol. The van der Waals surface area contributed by atoms with Crippen LogP contribution in [-0.2, 0) is 11.2 Å². The van der Waals surface area contributed by atoms with E-state index in [-0.39, 0.29) is 6.42 Å². The SMILES string of the molecule is Cc1cc(CC(=O)O)c(Cl)s1.